The van der Waals surface area contributed by atoms with Gasteiger partial charge in [-0.15, -0.1) is 0 Å². The number of hydrogen-bond acceptors (Lipinski definition) is 4. The first-order chi connectivity index (χ1) is 13.2. The molecule has 0 aliphatic carbocycles. The summed E-state index contributed by atoms with van der Waals surface area (Å²) in [5.41, 5.74) is 1.29. The van der Waals surface area contributed by atoms with Gasteiger partial charge in [-0.05, 0) is 31.2 Å². The third-order valence-electron chi connectivity index (χ3n) is 4.48. The van der Waals surface area contributed by atoms with Crippen LogP contribution in [0.2, 0.25) is 0 Å². The van der Waals surface area contributed by atoms with Gasteiger partial charge in [0.1, 0.15) is 23.9 Å². The summed E-state index contributed by atoms with van der Waals surface area (Å²) in [6.07, 6.45) is 2.64. The van der Waals surface area contributed by atoms with Gasteiger partial charge in [-0.25, -0.2) is 9.78 Å². The molecule has 7 nitrogen and oxygen atoms in total. The number of pyridine rings is 1. The highest BCUT2D eigenvalue weighted by Crippen LogP contribution is 2.24. The number of carbonyl (C=O) groups is 1. The van der Waals surface area contributed by atoms with Gasteiger partial charge in [0.2, 0.25) is 0 Å². The second kappa shape index (κ2) is 8.90. The third-order valence-corrected chi connectivity index (χ3v) is 4.48. The number of ether oxygens (including phenoxy) is 1. The molecule has 2 amide bonds. The number of benzene rings is 1. The van der Waals surface area contributed by atoms with Crippen LogP contribution in [0.25, 0.3) is 0 Å². The number of aromatic amines is 1. The number of amides is 2. The van der Waals surface area contributed by atoms with Crippen LogP contribution in [0.1, 0.15) is 18.9 Å². The van der Waals surface area contributed by atoms with Crippen molar-refractivity contribution in [1.82, 2.24) is 4.90 Å². The molecule has 1 fully saturated rings. The molecule has 7 heteroatoms. The summed E-state index contributed by atoms with van der Waals surface area (Å²) < 4.78 is 5.57. The van der Waals surface area contributed by atoms with E-state index in [9.17, 15) is 10.1 Å². The van der Waals surface area contributed by atoms with Crippen molar-refractivity contribution < 1.29 is 14.5 Å². The number of nitrogens with one attached hydrogen (secondary N) is 2. The van der Waals surface area contributed by atoms with Crippen LogP contribution in [-0.4, -0.2) is 43.7 Å². The van der Waals surface area contributed by atoms with E-state index < -0.39 is 0 Å². The number of aromatic nitrogens is 1. The number of H-pyrrole nitrogens is 1. The van der Waals surface area contributed by atoms with Crippen LogP contribution in [0.15, 0.2) is 42.6 Å². The van der Waals surface area contributed by atoms with Crippen molar-refractivity contribution in [2.75, 3.05) is 43.0 Å². The fraction of sp³-hybridized carbons (Fsp3) is 0.350. The Morgan fingerprint density at radius 3 is 2.89 bits per heavy atom. The molecule has 1 aliphatic heterocycles. The number of para-hydroxylation sites is 2. The summed E-state index contributed by atoms with van der Waals surface area (Å²) in [5, 5.41) is 12.3. The zero-order chi connectivity index (χ0) is 19.1. The lowest BCUT2D eigenvalue weighted by molar-refractivity contribution is -0.364. The number of urea groups is 1. The molecule has 2 heterocycles. The molecule has 0 spiro atoms. The number of hydrogen-bond donors (Lipinski definition) is 1. The summed E-state index contributed by atoms with van der Waals surface area (Å²) in [4.78, 5) is 19.8. The quantitative estimate of drug-likeness (QED) is 0.901. The number of carbonyl (C=O) groups excluding carboxylic acids is 1. The molecular weight excluding hydrogens is 342 g/mol. The molecule has 0 radical (unpaired) electrons. The summed E-state index contributed by atoms with van der Waals surface area (Å²) >= 11 is 0. The van der Waals surface area contributed by atoms with Crippen LogP contribution in [0.3, 0.4) is 0 Å². The molecule has 0 unspecified atom stereocenters. The lowest BCUT2D eigenvalue weighted by Crippen LogP contribution is -2.39. The van der Waals surface area contributed by atoms with Gasteiger partial charge in [-0.3, -0.25) is 4.90 Å². The third kappa shape index (κ3) is 4.47. The first-order valence-corrected chi connectivity index (χ1v) is 9.16. The van der Waals surface area contributed by atoms with Crippen molar-refractivity contribution in [2.24, 2.45) is 0 Å². The van der Waals surface area contributed by atoms with E-state index in [0.29, 0.717) is 43.2 Å². The maximum absolute atomic E-state index is 12.7. The smallest absolute Gasteiger partial charge is 0.322 e. The maximum atomic E-state index is 12.7. The fourth-order valence-electron chi connectivity index (χ4n) is 3.17. The van der Waals surface area contributed by atoms with E-state index in [4.69, 9.17) is 4.74 Å². The molecule has 1 aromatic heterocycles. The van der Waals surface area contributed by atoms with Crippen molar-refractivity contribution in [3.05, 3.63) is 48.2 Å². The molecular formula is C20H24N5O2+. The van der Waals surface area contributed by atoms with E-state index >= 15 is 0 Å². The predicted octanol–water partition coefficient (Wildman–Crippen LogP) is 2.52. The zero-order valence-electron chi connectivity index (χ0n) is 15.4. The normalized spacial score (nSPS) is 14.2. The minimum Gasteiger partial charge on any atom is -0.492 e. The van der Waals surface area contributed by atoms with Crippen molar-refractivity contribution in [2.45, 2.75) is 13.3 Å². The maximum Gasteiger partial charge on any atom is 0.322 e. The number of nitrogens with zero attached hydrogens (tertiary/aromatic N) is 3. The van der Waals surface area contributed by atoms with Gasteiger partial charge >= 0.3 is 6.03 Å². The van der Waals surface area contributed by atoms with E-state index in [2.05, 4.69) is 21.3 Å². The molecule has 1 aliphatic rings. The average Bonchev–Trinajstić information content (AvgIpc) is 2.96. The second-order valence-electron chi connectivity index (χ2n) is 6.23. The highest BCUT2D eigenvalue weighted by molar-refractivity contribution is 5.91. The Kier molecular flexibility index (Phi) is 6.10. The van der Waals surface area contributed by atoms with E-state index in [-0.39, 0.29) is 6.03 Å². The Balaban J connectivity index is 1.66. The Labute approximate surface area is 159 Å². The number of nitriles is 1. The standard InChI is InChI=1S/C20H23N5O2/c1-2-27-18-9-4-3-8-17(18)23-20(26)25-12-6-11-24(13-14-25)19-16(15-21)7-5-10-22-19/h3-5,7-10H,2,6,11-14H2,1H3,(H,23,26)/p+1. The summed E-state index contributed by atoms with van der Waals surface area (Å²) in [5.74, 6) is 1.48. The van der Waals surface area contributed by atoms with Gasteiger partial charge in [0.05, 0.1) is 31.6 Å². The van der Waals surface area contributed by atoms with Crippen LogP contribution in [0, 0.1) is 11.3 Å². The van der Waals surface area contributed by atoms with Crippen LogP contribution < -0.4 is 19.9 Å². The van der Waals surface area contributed by atoms with E-state index in [1.807, 2.05) is 43.5 Å². The van der Waals surface area contributed by atoms with Gasteiger partial charge in [0, 0.05) is 13.0 Å². The van der Waals surface area contributed by atoms with Gasteiger partial charge in [-0.2, -0.15) is 5.26 Å². The van der Waals surface area contributed by atoms with Gasteiger partial charge < -0.3 is 15.0 Å². The van der Waals surface area contributed by atoms with Crippen molar-refractivity contribution in [3.8, 4) is 11.8 Å². The lowest BCUT2D eigenvalue weighted by Gasteiger charge is -2.21. The molecule has 1 aromatic carbocycles. The monoisotopic (exact) mass is 366 g/mol. The lowest BCUT2D eigenvalue weighted by atomic mass is 10.2. The molecule has 1 saturated heterocycles. The minimum atomic E-state index is -0.137. The van der Waals surface area contributed by atoms with E-state index in [1.54, 1.807) is 11.0 Å². The predicted molar refractivity (Wildman–Crippen MR) is 103 cm³/mol. The summed E-state index contributed by atoms with van der Waals surface area (Å²) in [6, 6.07) is 13.1. The molecule has 0 bridgehead atoms. The molecule has 0 saturated carbocycles. The molecule has 0 atom stereocenters. The minimum absolute atomic E-state index is 0.137. The van der Waals surface area contributed by atoms with Crippen LogP contribution >= 0.6 is 0 Å². The SMILES string of the molecule is CCOc1ccccc1NC(=O)N1CCCN(c2[nH+]cccc2C#N)CC1. The Bertz CT molecular complexity index is 833. The van der Waals surface area contributed by atoms with Crippen LogP contribution in [0.5, 0.6) is 5.75 Å². The van der Waals surface area contributed by atoms with Crippen LogP contribution in [-0.2, 0) is 0 Å². The number of anilines is 2. The van der Waals surface area contributed by atoms with Crippen molar-refractivity contribution in [3.63, 3.8) is 0 Å². The van der Waals surface area contributed by atoms with Gasteiger partial charge in [-0.1, -0.05) is 12.1 Å². The molecule has 27 heavy (non-hydrogen) atoms. The second-order valence-corrected chi connectivity index (χ2v) is 6.23. The van der Waals surface area contributed by atoms with Crippen molar-refractivity contribution in [1.29, 1.82) is 5.26 Å². The molecule has 2 aromatic rings. The first kappa shape index (κ1) is 18.5. The van der Waals surface area contributed by atoms with Gasteiger partial charge in [0.15, 0.2) is 0 Å². The molecule has 140 valence electrons. The number of rotatable bonds is 4. The molecule has 3 rings (SSSR count). The first-order valence-electron chi connectivity index (χ1n) is 9.16. The molecule has 2 N–H and O–H groups in total. The summed E-state index contributed by atoms with van der Waals surface area (Å²) in [7, 11) is 0. The zero-order valence-corrected chi connectivity index (χ0v) is 15.4. The van der Waals surface area contributed by atoms with Gasteiger partial charge in [0.25, 0.3) is 5.82 Å². The Morgan fingerprint density at radius 1 is 1.22 bits per heavy atom. The highest BCUT2D eigenvalue weighted by atomic mass is 16.5. The topological polar surface area (TPSA) is 82.7 Å². The fourth-order valence-corrected chi connectivity index (χ4v) is 3.17. The summed E-state index contributed by atoms with van der Waals surface area (Å²) in [6.45, 7) is 5.15. The highest BCUT2D eigenvalue weighted by Gasteiger charge is 2.26. The van der Waals surface area contributed by atoms with Crippen molar-refractivity contribution >= 4 is 17.5 Å². The Morgan fingerprint density at radius 2 is 2.07 bits per heavy atom. The average molecular weight is 366 g/mol. The van der Waals surface area contributed by atoms with E-state index in [0.717, 1.165) is 18.8 Å². The largest absolute Gasteiger partial charge is 0.492 e. The van der Waals surface area contributed by atoms with Crippen LogP contribution in [0.4, 0.5) is 16.3 Å². The Hall–Kier alpha value is -3.27. The van der Waals surface area contributed by atoms with E-state index in [1.165, 1.54) is 0 Å².